The van der Waals surface area contributed by atoms with E-state index in [4.69, 9.17) is 37.3 Å². The number of phosphoric acid groups is 1. The maximum Gasteiger partial charge on any atom is 0.477 e. The summed E-state index contributed by atoms with van der Waals surface area (Å²) < 4.78 is 58.2. The molecule has 0 spiro atoms. The van der Waals surface area contributed by atoms with Gasteiger partial charge in [-0.25, -0.2) is 4.57 Å². The number of benzene rings is 2. The number of hydrogen-bond acceptors (Lipinski definition) is 13. The molecule has 0 aliphatic carbocycles. The second kappa shape index (κ2) is 15.6. The normalized spacial score (nSPS) is 22.0. The molecule has 0 bridgehead atoms. The van der Waals surface area contributed by atoms with Crippen molar-refractivity contribution in [1.29, 1.82) is 0 Å². The van der Waals surface area contributed by atoms with Crippen molar-refractivity contribution in [3.05, 3.63) is 71.8 Å². The molecule has 0 saturated carbocycles. The van der Waals surface area contributed by atoms with Gasteiger partial charge in [-0.3, -0.25) is 32.7 Å². The summed E-state index contributed by atoms with van der Waals surface area (Å²) in [5, 5.41) is 0. The van der Waals surface area contributed by atoms with E-state index < -0.39 is 69.0 Å². The van der Waals surface area contributed by atoms with Gasteiger partial charge in [0.25, 0.3) is 0 Å². The molecule has 1 fully saturated rings. The van der Waals surface area contributed by atoms with Gasteiger partial charge >= 0.3 is 31.7 Å². The molecule has 1 saturated heterocycles. The van der Waals surface area contributed by atoms with Gasteiger partial charge in [0.15, 0.2) is 18.3 Å². The van der Waals surface area contributed by atoms with Crippen LogP contribution >= 0.6 is 7.82 Å². The van der Waals surface area contributed by atoms with Crippen LogP contribution in [0.25, 0.3) is 0 Å². The van der Waals surface area contributed by atoms with Crippen LogP contribution in [0.4, 0.5) is 0 Å². The van der Waals surface area contributed by atoms with E-state index in [2.05, 4.69) is 0 Å². The fourth-order valence-corrected chi connectivity index (χ4v) is 5.19. The van der Waals surface area contributed by atoms with Gasteiger partial charge in [0.1, 0.15) is 12.7 Å². The van der Waals surface area contributed by atoms with Gasteiger partial charge in [-0.15, -0.1) is 0 Å². The van der Waals surface area contributed by atoms with E-state index in [1.165, 1.54) is 0 Å². The Morgan fingerprint density at radius 3 is 1.57 bits per heavy atom. The highest BCUT2D eigenvalue weighted by Gasteiger charge is 2.55. The molecule has 1 aliphatic rings. The minimum Gasteiger partial charge on any atom is -0.463 e. The number of phosphoric ester groups is 1. The third-order valence-corrected chi connectivity index (χ3v) is 7.00. The smallest absolute Gasteiger partial charge is 0.463 e. The first-order valence-electron chi connectivity index (χ1n) is 12.9. The van der Waals surface area contributed by atoms with Gasteiger partial charge in [-0.1, -0.05) is 60.7 Å². The molecule has 2 aromatic carbocycles. The predicted octanol–water partition coefficient (Wildman–Crippen LogP) is 3.63. The molecule has 42 heavy (non-hydrogen) atoms. The summed E-state index contributed by atoms with van der Waals surface area (Å²) in [6.45, 7) is 3.52. The second-order valence-electron chi connectivity index (χ2n) is 9.14. The molecule has 3 unspecified atom stereocenters. The summed E-state index contributed by atoms with van der Waals surface area (Å²) in [6.07, 6.45) is -7.62. The summed E-state index contributed by atoms with van der Waals surface area (Å²) in [6, 6.07) is 17.6. The first-order chi connectivity index (χ1) is 20.0. The van der Waals surface area contributed by atoms with Crippen LogP contribution in [0.1, 0.15) is 38.8 Å². The molecule has 228 valence electrons. The van der Waals surface area contributed by atoms with Gasteiger partial charge in [-0.05, 0) is 11.1 Å². The van der Waals surface area contributed by atoms with Crippen LogP contribution in [-0.4, -0.2) is 61.2 Å². The highest BCUT2D eigenvalue weighted by atomic mass is 31.2. The van der Waals surface area contributed by atoms with E-state index in [1.807, 2.05) is 0 Å². The van der Waals surface area contributed by atoms with Gasteiger partial charge in [0.2, 0.25) is 6.29 Å². The number of hydrogen-bond donors (Lipinski definition) is 0. The van der Waals surface area contributed by atoms with Crippen LogP contribution in [0.3, 0.4) is 0 Å². The lowest BCUT2D eigenvalue weighted by atomic mass is 9.98. The fraction of sp³-hybridized carbons (Fsp3) is 0.429. The van der Waals surface area contributed by atoms with Crippen LogP contribution < -0.4 is 0 Å². The minimum absolute atomic E-state index is 0.196. The first-order valence-corrected chi connectivity index (χ1v) is 14.4. The lowest BCUT2D eigenvalue weighted by molar-refractivity contribution is -0.292. The Labute approximate surface area is 242 Å². The van der Waals surface area contributed by atoms with E-state index in [9.17, 15) is 23.7 Å². The van der Waals surface area contributed by atoms with Crippen LogP contribution in [0.15, 0.2) is 60.7 Å². The molecule has 3 rings (SSSR count). The van der Waals surface area contributed by atoms with Gasteiger partial charge in [-0.2, -0.15) is 0 Å². The number of esters is 4. The minimum atomic E-state index is -4.54. The highest BCUT2D eigenvalue weighted by molar-refractivity contribution is 7.48. The molecule has 2 aromatic rings. The lowest BCUT2D eigenvalue weighted by Crippen LogP contribution is -2.62. The Morgan fingerprint density at radius 2 is 1.12 bits per heavy atom. The van der Waals surface area contributed by atoms with E-state index in [1.54, 1.807) is 60.7 Å². The zero-order valence-electron chi connectivity index (χ0n) is 23.5. The van der Waals surface area contributed by atoms with E-state index in [0.29, 0.717) is 11.1 Å². The standard InChI is InChI=1S/C28H33O13P/c1-18(29)34-17-24-25(37-19(2)30)26(38-20(3)31)27(39-21(4)32)28(40-24)41-42(33,35-15-22-11-7-5-8-12-22)36-16-23-13-9-6-10-14-23/h5-14,24-28H,15-17H2,1-4H3/t24?,25-,26?,27?,28-/m1/s1. The third-order valence-electron chi connectivity index (χ3n) is 5.65. The van der Waals surface area contributed by atoms with E-state index in [-0.39, 0.29) is 13.2 Å². The number of carbonyl (C=O) groups is 4. The average molecular weight is 609 g/mol. The van der Waals surface area contributed by atoms with Crippen molar-refractivity contribution in [2.75, 3.05) is 6.61 Å². The molecule has 0 amide bonds. The van der Waals surface area contributed by atoms with E-state index >= 15 is 0 Å². The van der Waals surface area contributed by atoms with Crippen molar-refractivity contribution in [3.63, 3.8) is 0 Å². The third kappa shape index (κ3) is 10.3. The van der Waals surface area contributed by atoms with Crippen molar-refractivity contribution in [2.24, 2.45) is 0 Å². The quantitative estimate of drug-likeness (QED) is 0.184. The van der Waals surface area contributed by atoms with Gasteiger partial charge in [0, 0.05) is 27.7 Å². The summed E-state index contributed by atoms with van der Waals surface area (Å²) in [4.78, 5) is 47.7. The summed E-state index contributed by atoms with van der Waals surface area (Å²) >= 11 is 0. The summed E-state index contributed by atoms with van der Waals surface area (Å²) in [5.41, 5.74) is 1.29. The Hall–Kier alpha value is -3.61. The molecule has 1 heterocycles. The van der Waals surface area contributed by atoms with Crippen molar-refractivity contribution < 1.29 is 61.0 Å². The largest absolute Gasteiger partial charge is 0.477 e. The fourth-order valence-electron chi connectivity index (χ4n) is 3.95. The Bertz CT molecular complexity index is 1210. The maximum atomic E-state index is 14.1. The van der Waals surface area contributed by atoms with Crippen LogP contribution in [0, 0.1) is 0 Å². The van der Waals surface area contributed by atoms with Gasteiger partial charge < -0.3 is 23.7 Å². The van der Waals surface area contributed by atoms with Gasteiger partial charge in [0.05, 0.1) is 13.2 Å². The van der Waals surface area contributed by atoms with E-state index in [0.717, 1.165) is 27.7 Å². The molecule has 0 radical (unpaired) electrons. The highest BCUT2D eigenvalue weighted by Crippen LogP contribution is 2.53. The molecule has 1 aliphatic heterocycles. The number of carbonyl (C=O) groups excluding carboxylic acids is 4. The molecule has 0 aromatic heterocycles. The van der Waals surface area contributed by atoms with Crippen molar-refractivity contribution >= 4 is 31.7 Å². The molecule has 0 N–H and O–H groups in total. The number of ether oxygens (including phenoxy) is 5. The van der Waals surface area contributed by atoms with Crippen LogP contribution in [-0.2, 0) is 74.2 Å². The SMILES string of the molecule is CC(=O)OCC1O[C@H](OP(=O)(OCc2ccccc2)OCc2ccccc2)C(OC(C)=O)C(OC(C)=O)[C@@H]1OC(C)=O. The molecular weight excluding hydrogens is 575 g/mol. The Balaban J connectivity index is 1.98. The molecule has 14 heteroatoms. The number of rotatable bonds is 13. The molecule has 13 nitrogen and oxygen atoms in total. The summed E-state index contributed by atoms with van der Waals surface area (Å²) in [7, 11) is -4.54. The van der Waals surface area contributed by atoms with Crippen LogP contribution in [0.5, 0.6) is 0 Å². The predicted molar refractivity (Wildman–Crippen MR) is 143 cm³/mol. The second-order valence-corrected chi connectivity index (χ2v) is 10.8. The molecule has 5 atom stereocenters. The zero-order valence-corrected chi connectivity index (χ0v) is 24.4. The zero-order chi connectivity index (χ0) is 30.7. The maximum absolute atomic E-state index is 14.1. The topological polar surface area (TPSA) is 159 Å². The van der Waals surface area contributed by atoms with Crippen LogP contribution in [0.2, 0.25) is 0 Å². The monoisotopic (exact) mass is 608 g/mol. The average Bonchev–Trinajstić information content (AvgIpc) is 2.93. The van der Waals surface area contributed by atoms with Crippen molar-refractivity contribution in [2.45, 2.75) is 71.6 Å². The molecular formula is C28H33O13P. The Morgan fingerprint density at radius 1 is 0.667 bits per heavy atom. The first kappa shape index (κ1) is 32.9. The lowest BCUT2D eigenvalue weighted by Gasteiger charge is -2.44. The summed E-state index contributed by atoms with van der Waals surface area (Å²) in [5.74, 6) is -3.16. The Kier molecular flexibility index (Phi) is 12.2. The van der Waals surface area contributed by atoms with Crippen molar-refractivity contribution in [3.8, 4) is 0 Å². The van der Waals surface area contributed by atoms with Crippen molar-refractivity contribution in [1.82, 2.24) is 0 Å².